The number of hydrogen-bond donors (Lipinski definition) is 1. The normalized spacial score (nSPS) is 23.3. The van der Waals surface area contributed by atoms with Crippen molar-refractivity contribution in [2.24, 2.45) is 0 Å². The molecule has 1 amide bonds. The molecule has 0 saturated carbocycles. The van der Waals surface area contributed by atoms with Gasteiger partial charge in [-0.25, -0.2) is 0 Å². The van der Waals surface area contributed by atoms with Gasteiger partial charge in [0.25, 0.3) is 0 Å². The maximum absolute atomic E-state index is 11.9. The van der Waals surface area contributed by atoms with E-state index < -0.39 is 0 Å². The van der Waals surface area contributed by atoms with Crippen LogP contribution in [0.4, 0.5) is 0 Å². The van der Waals surface area contributed by atoms with E-state index in [1.165, 1.54) is 45.2 Å². The summed E-state index contributed by atoms with van der Waals surface area (Å²) in [6.07, 6.45) is 6.40. The van der Waals surface area contributed by atoms with E-state index in [0.29, 0.717) is 12.6 Å². The van der Waals surface area contributed by atoms with E-state index in [1.807, 2.05) is 4.90 Å². The Morgan fingerprint density at radius 3 is 2.33 bits per heavy atom. The fourth-order valence-corrected chi connectivity index (χ4v) is 2.93. The Kier molecular flexibility index (Phi) is 5.45. The number of likely N-dealkylation sites (tertiary alicyclic amines) is 2. The molecule has 1 atom stereocenters. The number of piperidine rings is 1. The first kappa shape index (κ1) is 13.8. The van der Waals surface area contributed by atoms with Crippen LogP contribution in [0.1, 0.15) is 39.0 Å². The van der Waals surface area contributed by atoms with E-state index in [-0.39, 0.29) is 5.91 Å². The average Bonchev–Trinajstić information content (AvgIpc) is 2.91. The minimum absolute atomic E-state index is 0.276. The monoisotopic (exact) mass is 253 g/mol. The molecular formula is C14H27N3O. The summed E-state index contributed by atoms with van der Waals surface area (Å²) >= 11 is 0. The van der Waals surface area contributed by atoms with Crippen molar-refractivity contribution in [3.05, 3.63) is 0 Å². The van der Waals surface area contributed by atoms with Gasteiger partial charge in [0.15, 0.2) is 0 Å². The highest BCUT2D eigenvalue weighted by Crippen LogP contribution is 2.09. The largest absolute Gasteiger partial charge is 0.342 e. The predicted molar refractivity (Wildman–Crippen MR) is 73.6 cm³/mol. The smallest absolute Gasteiger partial charge is 0.236 e. The summed E-state index contributed by atoms with van der Waals surface area (Å²) in [6, 6.07) is 0.412. The van der Waals surface area contributed by atoms with Gasteiger partial charge in [0.05, 0.1) is 6.54 Å². The highest BCUT2D eigenvalue weighted by atomic mass is 16.2. The molecule has 0 aromatic rings. The van der Waals surface area contributed by atoms with E-state index in [1.54, 1.807) is 0 Å². The second kappa shape index (κ2) is 7.10. The van der Waals surface area contributed by atoms with Crippen molar-refractivity contribution in [3.8, 4) is 0 Å². The van der Waals surface area contributed by atoms with Crippen molar-refractivity contribution in [2.45, 2.75) is 45.1 Å². The Hall–Kier alpha value is -0.610. The molecule has 2 aliphatic heterocycles. The van der Waals surface area contributed by atoms with Gasteiger partial charge in [0.1, 0.15) is 0 Å². The number of rotatable bonds is 5. The first-order chi connectivity index (χ1) is 8.75. The van der Waals surface area contributed by atoms with Crippen LogP contribution in [-0.4, -0.2) is 61.0 Å². The minimum atomic E-state index is 0.276. The van der Waals surface area contributed by atoms with E-state index in [0.717, 1.165) is 19.6 Å². The van der Waals surface area contributed by atoms with Crippen molar-refractivity contribution in [3.63, 3.8) is 0 Å². The fourth-order valence-electron chi connectivity index (χ4n) is 2.93. The third-order valence-electron chi connectivity index (χ3n) is 4.04. The van der Waals surface area contributed by atoms with Crippen LogP contribution in [0.25, 0.3) is 0 Å². The maximum Gasteiger partial charge on any atom is 0.236 e. The zero-order valence-corrected chi connectivity index (χ0v) is 11.7. The predicted octanol–water partition coefficient (Wildman–Crippen LogP) is 1.07. The molecule has 1 unspecified atom stereocenters. The summed E-state index contributed by atoms with van der Waals surface area (Å²) in [5, 5.41) is 3.37. The van der Waals surface area contributed by atoms with Gasteiger partial charge in [0, 0.05) is 25.7 Å². The van der Waals surface area contributed by atoms with Crippen LogP contribution >= 0.6 is 0 Å². The highest BCUT2D eigenvalue weighted by Gasteiger charge is 2.19. The van der Waals surface area contributed by atoms with Gasteiger partial charge in [-0.1, -0.05) is 6.42 Å². The summed E-state index contributed by atoms with van der Waals surface area (Å²) in [6.45, 7) is 8.15. The lowest BCUT2D eigenvalue weighted by Gasteiger charge is -2.29. The van der Waals surface area contributed by atoms with Crippen LogP contribution in [0, 0.1) is 0 Å². The van der Waals surface area contributed by atoms with E-state index in [4.69, 9.17) is 0 Å². The lowest BCUT2D eigenvalue weighted by molar-refractivity contribution is -0.129. The summed E-state index contributed by atoms with van der Waals surface area (Å²) in [5.74, 6) is 0.276. The molecule has 2 aliphatic rings. The molecular weight excluding hydrogens is 226 g/mol. The van der Waals surface area contributed by atoms with Crippen molar-refractivity contribution >= 4 is 5.91 Å². The van der Waals surface area contributed by atoms with Crippen LogP contribution in [-0.2, 0) is 4.79 Å². The lowest BCUT2D eigenvalue weighted by Crippen LogP contribution is -2.45. The number of hydrogen-bond acceptors (Lipinski definition) is 3. The van der Waals surface area contributed by atoms with Crippen LogP contribution in [0.15, 0.2) is 0 Å². The number of nitrogens with one attached hydrogen (secondary N) is 1. The molecule has 2 rings (SSSR count). The first-order valence-corrected chi connectivity index (χ1v) is 7.49. The second-order valence-electron chi connectivity index (χ2n) is 5.73. The number of carbonyl (C=O) groups is 1. The molecule has 0 radical (unpaired) electrons. The standard InChI is InChI=1S/C14H27N3O/c1-13(12-16-7-3-2-4-8-16)15-11-14(18)17-9-5-6-10-17/h13,15H,2-12H2,1H3. The number of amides is 1. The Morgan fingerprint density at radius 1 is 1.06 bits per heavy atom. The van der Waals surface area contributed by atoms with Crippen LogP contribution in [0.5, 0.6) is 0 Å². The summed E-state index contributed by atoms with van der Waals surface area (Å²) < 4.78 is 0. The number of nitrogens with zero attached hydrogens (tertiary/aromatic N) is 2. The third kappa shape index (κ3) is 4.25. The molecule has 0 aromatic heterocycles. The second-order valence-corrected chi connectivity index (χ2v) is 5.73. The topological polar surface area (TPSA) is 35.6 Å². The Labute approximate surface area is 111 Å². The first-order valence-electron chi connectivity index (χ1n) is 7.49. The van der Waals surface area contributed by atoms with Crippen LogP contribution in [0.2, 0.25) is 0 Å². The van der Waals surface area contributed by atoms with Gasteiger partial charge >= 0.3 is 0 Å². The lowest BCUT2D eigenvalue weighted by atomic mass is 10.1. The zero-order valence-electron chi connectivity index (χ0n) is 11.7. The molecule has 18 heavy (non-hydrogen) atoms. The van der Waals surface area contributed by atoms with Crippen molar-refractivity contribution in [1.82, 2.24) is 15.1 Å². The summed E-state index contributed by atoms with van der Waals surface area (Å²) in [4.78, 5) is 16.4. The Morgan fingerprint density at radius 2 is 1.67 bits per heavy atom. The Bertz CT molecular complexity index is 258. The van der Waals surface area contributed by atoms with E-state index in [9.17, 15) is 4.79 Å². The molecule has 2 heterocycles. The molecule has 4 heteroatoms. The van der Waals surface area contributed by atoms with E-state index >= 15 is 0 Å². The molecule has 0 aliphatic carbocycles. The van der Waals surface area contributed by atoms with Crippen LogP contribution in [0.3, 0.4) is 0 Å². The van der Waals surface area contributed by atoms with E-state index in [2.05, 4.69) is 17.1 Å². The quantitative estimate of drug-likeness (QED) is 0.796. The molecule has 4 nitrogen and oxygen atoms in total. The summed E-state index contributed by atoms with van der Waals surface area (Å²) in [7, 11) is 0. The van der Waals surface area contributed by atoms with Crippen molar-refractivity contribution in [2.75, 3.05) is 39.3 Å². The van der Waals surface area contributed by atoms with Gasteiger partial charge in [-0.3, -0.25) is 4.79 Å². The van der Waals surface area contributed by atoms with Crippen molar-refractivity contribution in [1.29, 1.82) is 0 Å². The molecule has 0 aromatic carbocycles. The molecule has 2 saturated heterocycles. The zero-order chi connectivity index (χ0) is 12.8. The fraction of sp³-hybridized carbons (Fsp3) is 0.929. The van der Waals surface area contributed by atoms with Gasteiger partial charge in [-0.15, -0.1) is 0 Å². The minimum Gasteiger partial charge on any atom is -0.342 e. The van der Waals surface area contributed by atoms with Crippen LogP contribution < -0.4 is 5.32 Å². The van der Waals surface area contributed by atoms with Gasteiger partial charge in [0.2, 0.25) is 5.91 Å². The molecule has 2 fully saturated rings. The molecule has 0 spiro atoms. The van der Waals surface area contributed by atoms with Gasteiger partial charge in [-0.2, -0.15) is 0 Å². The average molecular weight is 253 g/mol. The maximum atomic E-state index is 11.9. The highest BCUT2D eigenvalue weighted by molar-refractivity contribution is 5.78. The third-order valence-corrected chi connectivity index (χ3v) is 4.04. The SMILES string of the molecule is CC(CN1CCCCC1)NCC(=O)N1CCCC1. The van der Waals surface area contributed by atoms with Crippen molar-refractivity contribution < 1.29 is 4.79 Å². The molecule has 1 N–H and O–H groups in total. The Balaban J connectivity index is 1.61. The van der Waals surface area contributed by atoms with Gasteiger partial charge < -0.3 is 15.1 Å². The molecule has 0 bridgehead atoms. The number of carbonyl (C=O) groups excluding carboxylic acids is 1. The van der Waals surface area contributed by atoms with Gasteiger partial charge in [-0.05, 0) is 45.7 Å². The summed E-state index contributed by atoms with van der Waals surface area (Å²) in [5.41, 5.74) is 0. The molecule has 104 valence electrons.